The third kappa shape index (κ3) is 1.89. The second-order valence-electron chi connectivity index (χ2n) is 2.30. The van der Waals surface area contributed by atoms with Crippen molar-refractivity contribution < 1.29 is 0 Å². The van der Waals surface area contributed by atoms with Crippen LogP contribution in [0.2, 0.25) is 0 Å². The van der Waals surface area contributed by atoms with Crippen molar-refractivity contribution in [3.63, 3.8) is 0 Å². The number of hydrogen-bond acceptors (Lipinski definition) is 3. The first kappa shape index (κ1) is 8.46. The Balaban J connectivity index is 2.63. The fourth-order valence-electron chi connectivity index (χ4n) is 0.802. The van der Waals surface area contributed by atoms with E-state index in [1.54, 1.807) is 0 Å². The van der Waals surface area contributed by atoms with Gasteiger partial charge in [-0.2, -0.15) is 11.8 Å². The lowest BCUT2D eigenvalue weighted by Gasteiger charge is -2.00. The van der Waals surface area contributed by atoms with Crippen molar-refractivity contribution in [1.29, 1.82) is 0 Å². The van der Waals surface area contributed by atoms with Gasteiger partial charge in [0.25, 0.3) is 0 Å². The Hall–Kier alpha value is -0.640. The van der Waals surface area contributed by atoms with Crippen molar-refractivity contribution in [2.45, 2.75) is 12.7 Å². The van der Waals surface area contributed by atoms with E-state index in [1.807, 2.05) is 29.6 Å². The maximum absolute atomic E-state index is 5.55. The standard InChI is InChI=1S/C7H13N3S/c1-3-11-5-6-4-9-7(8)10(6)2/h4H,3,5H2,1-2H3,(H2,8,9). The zero-order valence-corrected chi connectivity index (χ0v) is 7.69. The normalized spacial score (nSPS) is 10.4. The molecular weight excluding hydrogens is 158 g/mol. The summed E-state index contributed by atoms with van der Waals surface area (Å²) in [5.74, 6) is 2.72. The van der Waals surface area contributed by atoms with Crippen molar-refractivity contribution in [3.05, 3.63) is 11.9 Å². The Bertz CT molecular complexity index is 232. The first-order chi connectivity index (χ1) is 5.25. The molecule has 2 N–H and O–H groups in total. The lowest BCUT2D eigenvalue weighted by molar-refractivity contribution is 0.882. The fourth-order valence-corrected chi connectivity index (χ4v) is 1.48. The zero-order valence-electron chi connectivity index (χ0n) is 6.87. The van der Waals surface area contributed by atoms with Gasteiger partial charge in [-0.3, -0.25) is 0 Å². The van der Waals surface area contributed by atoms with E-state index < -0.39 is 0 Å². The van der Waals surface area contributed by atoms with Crippen LogP contribution in [0.15, 0.2) is 6.20 Å². The van der Waals surface area contributed by atoms with Gasteiger partial charge in [-0.1, -0.05) is 6.92 Å². The van der Waals surface area contributed by atoms with Gasteiger partial charge >= 0.3 is 0 Å². The molecular formula is C7H13N3S. The van der Waals surface area contributed by atoms with Crippen LogP contribution in [0.25, 0.3) is 0 Å². The molecule has 1 rings (SSSR count). The molecule has 4 heteroatoms. The predicted octanol–water partition coefficient (Wildman–Crippen LogP) is 1.26. The minimum absolute atomic E-state index is 0.594. The Kier molecular flexibility index (Phi) is 2.82. The minimum atomic E-state index is 0.594. The molecule has 0 saturated heterocycles. The molecule has 0 aliphatic carbocycles. The van der Waals surface area contributed by atoms with Gasteiger partial charge in [-0.25, -0.2) is 4.98 Å². The van der Waals surface area contributed by atoms with E-state index in [4.69, 9.17) is 5.73 Å². The molecule has 0 spiro atoms. The number of hydrogen-bond donors (Lipinski definition) is 1. The zero-order chi connectivity index (χ0) is 8.27. The average molecular weight is 171 g/mol. The molecule has 0 bridgehead atoms. The maximum atomic E-state index is 5.55. The van der Waals surface area contributed by atoms with Crippen molar-refractivity contribution in [2.75, 3.05) is 11.5 Å². The van der Waals surface area contributed by atoms with Gasteiger partial charge in [-0.05, 0) is 5.75 Å². The average Bonchev–Trinajstić information content (AvgIpc) is 2.31. The summed E-state index contributed by atoms with van der Waals surface area (Å²) in [5.41, 5.74) is 6.74. The molecule has 0 aliphatic rings. The van der Waals surface area contributed by atoms with E-state index in [-0.39, 0.29) is 0 Å². The van der Waals surface area contributed by atoms with Crippen LogP contribution in [-0.2, 0) is 12.8 Å². The lowest BCUT2D eigenvalue weighted by Crippen LogP contribution is -2.00. The molecule has 0 atom stereocenters. The monoisotopic (exact) mass is 171 g/mol. The van der Waals surface area contributed by atoms with Gasteiger partial charge < -0.3 is 10.3 Å². The van der Waals surface area contributed by atoms with E-state index in [2.05, 4.69) is 11.9 Å². The van der Waals surface area contributed by atoms with E-state index in [1.165, 1.54) is 5.69 Å². The SMILES string of the molecule is CCSCc1cnc(N)n1C. The highest BCUT2D eigenvalue weighted by Gasteiger charge is 2.01. The number of imidazole rings is 1. The Labute approximate surface area is 71.0 Å². The second-order valence-corrected chi connectivity index (χ2v) is 3.58. The molecule has 0 saturated carbocycles. The van der Waals surface area contributed by atoms with Gasteiger partial charge in [0.1, 0.15) is 0 Å². The summed E-state index contributed by atoms with van der Waals surface area (Å²) >= 11 is 1.87. The molecule has 3 nitrogen and oxygen atoms in total. The van der Waals surface area contributed by atoms with Gasteiger partial charge in [-0.15, -0.1) is 0 Å². The van der Waals surface area contributed by atoms with E-state index in [9.17, 15) is 0 Å². The number of aromatic nitrogens is 2. The highest BCUT2D eigenvalue weighted by atomic mass is 32.2. The number of nitrogens with zero attached hydrogens (tertiary/aromatic N) is 2. The second kappa shape index (κ2) is 3.67. The lowest BCUT2D eigenvalue weighted by atomic mass is 10.5. The van der Waals surface area contributed by atoms with E-state index >= 15 is 0 Å². The summed E-state index contributed by atoms with van der Waals surface area (Å²) < 4.78 is 1.92. The van der Waals surface area contributed by atoms with Crippen LogP contribution in [0.3, 0.4) is 0 Å². The van der Waals surface area contributed by atoms with Crippen LogP contribution in [0.5, 0.6) is 0 Å². The molecule has 0 aromatic carbocycles. The summed E-state index contributed by atoms with van der Waals surface area (Å²) in [6, 6.07) is 0. The third-order valence-electron chi connectivity index (χ3n) is 1.57. The van der Waals surface area contributed by atoms with Crippen molar-refractivity contribution in [3.8, 4) is 0 Å². The first-order valence-corrected chi connectivity index (χ1v) is 4.75. The van der Waals surface area contributed by atoms with Crippen LogP contribution in [0.4, 0.5) is 5.95 Å². The summed E-state index contributed by atoms with van der Waals surface area (Å²) in [5, 5.41) is 0. The van der Waals surface area contributed by atoms with Crippen molar-refractivity contribution in [2.24, 2.45) is 7.05 Å². The van der Waals surface area contributed by atoms with E-state index in [0.717, 1.165) is 11.5 Å². The predicted molar refractivity (Wildman–Crippen MR) is 49.5 cm³/mol. The van der Waals surface area contributed by atoms with Gasteiger partial charge in [0.2, 0.25) is 0 Å². The van der Waals surface area contributed by atoms with Crippen LogP contribution in [-0.4, -0.2) is 15.3 Å². The smallest absolute Gasteiger partial charge is 0.200 e. The van der Waals surface area contributed by atoms with Crippen molar-refractivity contribution in [1.82, 2.24) is 9.55 Å². The number of rotatable bonds is 3. The Morgan fingerprint density at radius 3 is 2.91 bits per heavy atom. The number of nitrogens with two attached hydrogens (primary N) is 1. The topological polar surface area (TPSA) is 43.8 Å². The number of nitrogen functional groups attached to an aromatic ring is 1. The maximum Gasteiger partial charge on any atom is 0.200 e. The van der Waals surface area contributed by atoms with Crippen LogP contribution in [0, 0.1) is 0 Å². The molecule has 0 fully saturated rings. The number of thioether (sulfide) groups is 1. The first-order valence-electron chi connectivity index (χ1n) is 3.59. The highest BCUT2D eigenvalue weighted by molar-refractivity contribution is 7.98. The summed E-state index contributed by atoms with van der Waals surface area (Å²) in [7, 11) is 1.94. The molecule has 0 amide bonds. The molecule has 62 valence electrons. The molecule has 1 aromatic rings. The Morgan fingerprint density at radius 1 is 1.73 bits per heavy atom. The molecule has 0 radical (unpaired) electrons. The summed E-state index contributed by atoms with van der Waals surface area (Å²) in [6.45, 7) is 2.14. The third-order valence-corrected chi connectivity index (χ3v) is 2.48. The van der Waals surface area contributed by atoms with Gasteiger partial charge in [0.15, 0.2) is 5.95 Å². The summed E-state index contributed by atoms with van der Waals surface area (Å²) in [4.78, 5) is 4.00. The minimum Gasteiger partial charge on any atom is -0.369 e. The van der Waals surface area contributed by atoms with Gasteiger partial charge in [0.05, 0.1) is 6.20 Å². The quantitative estimate of drug-likeness (QED) is 0.744. The van der Waals surface area contributed by atoms with Crippen LogP contribution < -0.4 is 5.73 Å². The largest absolute Gasteiger partial charge is 0.369 e. The van der Waals surface area contributed by atoms with Crippen molar-refractivity contribution >= 4 is 17.7 Å². The van der Waals surface area contributed by atoms with Crippen LogP contribution >= 0.6 is 11.8 Å². The highest BCUT2D eigenvalue weighted by Crippen LogP contribution is 2.12. The molecule has 0 unspecified atom stereocenters. The van der Waals surface area contributed by atoms with E-state index in [0.29, 0.717) is 5.95 Å². The Morgan fingerprint density at radius 2 is 2.45 bits per heavy atom. The summed E-state index contributed by atoms with van der Waals surface area (Å²) in [6.07, 6.45) is 1.83. The molecule has 0 aliphatic heterocycles. The molecule has 1 aromatic heterocycles. The van der Waals surface area contributed by atoms with Gasteiger partial charge in [0, 0.05) is 18.5 Å². The number of anilines is 1. The molecule has 1 heterocycles. The van der Waals surface area contributed by atoms with Crippen LogP contribution in [0.1, 0.15) is 12.6 Å². The fraction of sp³-hybridized carbons (Fsp3) is 0.571. The molecule has 11 heavy (non-hydrogen) atoms.